The fraction of sp³-hybridized carbons (Fsp3) is 0.323. The fourth-order valence-electron chi connectivity index (χ4n) is 5.50. The first-order valence-corrected chi connectivity index (χ1v) is 16.7. The van der Waals surface area contributed by atoms with Crippen molar-refractivity contribution < 1.29 is 26.7 Å². The lowest BCUT2D eigenvalue weighted by Gasteiger charge is -2.36. The van der Waals surface area contributed by atoms with Crippen molar-refractivity contribution in [2.24, 2.45) is 5.92 Å². The summed E-state index contributed by atoms with van der Waals surface area (Å²) in [4.78, 5) is 16.0. The van der Waals surface area contributed by atoms with Gasteiger partial charge in [-0.3, -0.25) is 9.52 Å². The Hall–Kier alpha value is -3.21. The van der Waals surface area contributed by atoms with Crippen molar-refractivity contribution in [3.63, 3.8) is 0 Å². The van der Waals surface area contributed by atoms with Crippen molar-refractivity contribution in [2.75, 3.05) is 18.1 Å². The second-order valence-electron chi connectivity index (χ2n) is 10.8. The van der Waals surface area contributed by atoms with Gasteiger partial charge in [0.2, 0.25) is 10.0 Å². The van der Waals surface area contributed by atoms with Crippen LogP contribution in [0.15, 0.2) is 54.6 Å². The minimum atomic E-state index is -3.40. The third-order valence-corrected chi connectivity index (χ3v) is 9.99. The van der Waals surface area contributed by atoms with E-state index in [1.807, 2.05) is 30.3 Å². The summed E-state index contributed by atoms with van der Waals surface area (Å²) >= 11 is 7.42. The van der Waals surface area contributed by atoms with E-state index in [0.29, 0.717) is 17.4 Å². The van der Waals surface area contributed by atoms with E-state index in [2.05, 4.69) is 11.6 Å². The Labute approximate surface area is 253 Å². The van der Waals surface area contributed by atoms with Crippen LogP contribution in [0.5, 0.6) is 5.75 Å². The number of thiophene rings is 1. The molecule has 0 radical (unpaired) electrons. The van der Waals surface area contributed by atoms with Gasteiger partial charge in [0.1, 0.15) is 22.3 Å². The Kier molecular flexibility index (Phi) is 8.78. The van der Waals surface area contributed by atoms with Crippen LogP contribution in [0.4, 0.5) is 14.5 Å². The third-order valence-electron chi connectivity index (χ3n) is 7.71. The number of hydrogen-bond acceptors (Lipinski definition) is 5. The highest BCUT2D eigenvalue weighted by Gasteiger charge is 2.32. The van der Waals surface area contributed by atoms with E-state index in [1.165, 1.54) is 0 Å². The van der Waals surface area contributed by atoms with Crippen molar-refractivity contribution in [3.05, 3.63) is 81.7 Å². The number of ether oxygens (including phenoxy) is 1. The molecule has 1 amide bonds. The minimum Gasteiger partial charge on any atom is -0.496 e. The van der Waals surface area contributed by atoms with Crippen LogP contribution in [0.3, 0.4) is 0 Å². The zero-order valence-electron chi connectivity index (χ0n) is 23.4. The van der Waals surface area contributed by atoms with E-state index >= 15 is 0 Å². The molecule has 0 saturated heterocycles. The van der Waals surface area contributed by atoms with Gasteiger partial charge in [-0.25, -0.2) is 17.2 Å². The maximum atomic E-state index is 14.6. The predicted octanol–water partition coefficient (Wildman–Crippen LogP) is 8.10. The molecule has 6 nitrogen and oxygen atoms in total. The van der Waals surface area contributed by atoms with Crippen LogP contribution in [0.25, 0.3) is 21.2 Å². The predicted molar refractivity (Wildman–Crippen MR) is 165 cm³/mol. The zero-order chi connectivity index (χ0) is 30.2. The molecule has 1 N–H and O–H groups in total. The Bertz CT molecular complexity index is 1730. The minimum absolute atomic E-state index is 0.0222. The normalized spacial score (nSPS) is 17.3. The number of hydrogen-bond donors (Lipinski definition) is 1. The van der Waals surface area contributed by atoms with Gasteiger partial charge in [0.05, 0.1) is 28.5 Å². The Morgan fingerprint density at radius 1 is 1.02 bits per heavy atom. The van der Waals surface area contributed by atoms with Crippen molar-refractivity contribution in [3.8, 4) is 16.9 Å². The second kappa shape index (κ2) is 12.2. The number of sulfonamides is 1. The number of carbonyl (C=O) groups excluding carboxylic acids is 1. The summed E-state index contributed by atoms with van der Waals surface area (Å²) in [6, 6.07) is 14.6. The van der Waals surface area contributed by atoms with E-state index in [1.54, 1.807) is 24.1 Å². The Morgan fingerprint density at radius 3 is 2.29 bits per heavy atom. The molecule has 0 unspecified atom stereocenters. The fourth-order valence-corrected chi connectivity index (χ4v) is 7.57. The maximum absolute atomic E-state index is 14.6. The molecule has 4 aromatic rings. The summed E-state index contributed by atoms with van der Waals surface area (Å²) in [6.07, 6.45) is 4.62. The van der Waals surface area contributed by atoms with E-state index in [9.17, 15) is 22.0 Å². The third kappa shape index (κ3) is 6.40. The second-order valence-corrected chi connectivity index (χ2v) is 14.0. The molecule has 1 aromatic heterocycles. The number of rotatable bonds is 8. The molecule has 42 heavy (non-hydrogen) atoms. The Balaban J connectivity index is 1.52. The monoisotopic (exact) mass is 632 g/mol. The van der Waals surface area contributed by atoms with E-state index in [-0.39, 0.29) is 38.5 Å². The molecule has 0 aliphatic heterocycles. The standard InChI is InChI=1S/C31H31ClF2N2O4S2/c1-18-4-11-23(12-5-18)36(31(37)30-28(32)27-24(33)13-14-25(34)29(27)41-30)17-21-16-20(8-15-26(21)40-2)19-6-9-22(10-7-19)35-42(3,38)39/h6-10,13-16,18,23,35H,4-5,11-12,17H2,1-3H3. The number of anilines is 1. The molecule has 5 rings (SSSR count). The van der Waals surface area contributed by atoms with E-state index in [0.717, 1.165) is 72.1 Å². The molecule has 0 atom stereocenters. The molecular formula is C31H31ClF2N2O4S2. The lowest BCUT2D eigenvalue weighted by molar-refractivity contribution is 0.0597. The van der Waals surface area contributed by atoms with Gasteiger partial charge in [-0.1, -0.05) is 36.7 Å². The SMILES string of the molecule is COc1ccc(-c2ccc(NS(C)(=O)=O)cc2)cc1CN(C(=O)c1sc2c(F)ccc(F)c2c1Cl)C1CCC(C)CC1. The molecular weight excluding hydrogens is 602 g/mol. The molecule has 1 heterocycles. The van der Waals surface area contributed by atoms with Crippen LogP contribution in [0.2, 0.25) is 5.02 Å². The van der Waals surface area contributed by atoms with Gasteiger partial charge in [0.25, 0.3) is 5.91 Å². The average Bonchev–Trinajstić information content (AvgIpc) is 3.31. The molecule has 0 spiro atoms. The molecule has 0 bridgehead atoms. The number of nitrogens with one attached hydrogen (secondary N) is 1. The van der Waals surface area contributed by atoms with Gasteiger partial charge in [-0.2, -0.15) is 0 Å². The highest BCUT2D eigenvalue weighted by atomic mass is 35.5. The Morgan fingerprint density at radius 2 is 1.67 bits per heavy atom. The molecule has 11 heteroatoms. The molecule has 222 valence electrons. The number of benzene rings is 3. The van der Waals surface area contributed by atoms with Gasteiger partial charge >= 0.3 is 0 Å². The van der Waals surface area contributed by atoms with Gasteiger partial charge < -0.3 is 9.64 Å². The summed E-state index contributed by atoms with van der Waals surface area (Å²) in [5.41, 5.74) is 2.91. The topological polar surface area (TPSA) is 75.7 Å². The molecule has 1 aliphatic rings. The van der Waals surface area contributed by atoms with Gasteiger partial charge in [0.15, 0.2) is 0 Å². The number of methoxy groups -OCH3 is 1. The summed E-state index contributed by atoms with van der Waals surface area (Å²) in [7, 11) is -1.84. The first kappa shape index (κ1) is 30.3. The van der Waals surface area contributed by atoms with Crippen LogP contribution in [-0.4, -0.2) is 38.6 Å². The van der Waals surface area contributed by atoms with Crippen molar-refractivity contribution in [1.82, 2.24) is 4.90 Å². The molecule has 1 aliphatic carbocycles. The molecule has 3 aromatic carbocycles. The van der Waals surface area contributed by atoms with Gasteiger partial charge in [0, 0.05) is 23.8 Å². The highest BCUT2D eigenvalue weighted by Crippen LogP contribution is 2.41. The van der Waals surface area contributed by atoms with E-state index in [4.69, 9.17) is 16.3 Å². The smallest absolute Gasteiger partial charge is 0.266 e. The first-order valence-electron chi connectivity index (χ1n) is 13.6. The van der Waals surface area contributed by atoms with Crippen molar-refractivity contribution in [1.29, 1.82) is 0 Å². The number of nitrogens with zero attached hydrogens (tertiary/aromatic N) is 1. The van der Waals surface area contributed by atoms with Crippen LogP contribution in [-0.2, 0) is 16.6 Å². The van der Waals surface area contributed by atoms with Gasteiger partial charge in [-0.05, 0) is 79.1 Å². The molecule has 1 saturated carbocycles. The quantitative estimate of drug-likeness (QED) is 0.213. The lowest BCUT2D eigenvalue weighted by atomic mass is 9.86. The van der Waals surface area contributed by atoms with Crippen molar-refractivity contribution >= 4 is 54.6 Å². The van der Waals surface area contributed by atoms with Crippen LogP contribution in [0, 0.1) is 17.6 Å². The average molecular weight is 633 g/mol. The summed E-state index contributed by atoms with van der Waals surface area (Å²) in [5.74, 6) is -0.523. The first-order chi connectivity index (χ1) is 19.9. The van der Waals surface area contributed by atoms with Crippen LogP contribution in [0.1, 0.15) is 47.8 Å². The van der Waals surface area contributed by atoms with Crippen LogP contribution < -0.4 is 9.46 Å². The largest absolute Gasteiger partial charge is 0.496 e. The zero-order valence-corrected chi connectivity index (χ0v) is 25.8. The van der Waals surface area contributed by atoms with Crippen molar-refractivity contribution in [2.45, 2.75) is 45.2 Å². The summed E-state index contributed by atoms with van der Waals surface area (Å²) in [5, 5.41) is -0.148. The van der Waals surface area contributed by atoms with E-state index < -0.39 is 21.7 Å². The lowest BCUT2D eigenvalue weighted by Crippen LogP contribution is -2.41. The summed E-state index contributed by atoms with van der Waals surface area (Å²) < 4.78 is 60.5. The van der Waals surface area contributed by atoms with Gasteiger partial charge in [-0.15, -0.1) is 11.3 Å². The number of halogens is 3. The molecule has 1 fully saturated rings. The number of amides is 1. The summed E-state index contributed by atoms with van der Waals surface area (Å²) in [6.45, 7) is 2.40. The number of carbonyl (C=O) groups is 1. The highest BCUT2D eigenvalue weighted by molar-refractivity contribution is 7.92. The maximum Gasteiger partial charge on any atom is 0.266 e. The van der Waals surface area contributed by atoms with Crippen LogP contribution >= 0.6 is 22.9 Å². The number of fused-ring (bicyclic) bond motifs is 1.